The molecule has 0 radical (unpaired) electrons. The minimum absolute atomic E-state index is 0.00463. The molecule has 1 aromatic rings. The Labute approximate surface area is 96.0 Å². The van der Waals surface area contributed by atoms with Crippen molar-refractivity contribution in [3.63, 3.8) is 0 Å². The summed E-state index contributed by atoms with van der Waals surface area (Å²) < 4.78 is 0. The predicted molar refractivity (Wildman–Crippen MR) is 60.8 cm³/mol. The van der Waals surface area contributed by atoms with E-state index in [2.05, 4.69) is 5.43 Å². The van der Waals surface area contributed by atoms with E-state index < -0.39 is 0 Å². The van der Waals surface area contributed by atoms with Gasteiger partial charge in [0.15, 0.2) is 0 Å². The van der Waals surface area contributed by atoms with Crippen LogP contribution in [0.4, 0.5) is 0 Å². The average molecular weight is 269 g/mol. The van der Waals surface area contributed by atoms with Gasteiger partial charge in [-0.05, 0) is 0 Å². The van der Waals surface area contributed by atoms with Crippen molar-refractivity contribution >= 4 is 20.9 Å². The Morgan fingerprint density at radius 1 is 1.20 bits per heavy atom. The molecule has 0 aliphatic carbocycles. The van der Waals surface area contributed by atoms with E-state index in [9.17, 15) is 4.79 Å². The fourth-order valence-electron chi connectivity index (χ4n) is 1.47. The van der Waals surface area contributed by atoms with Crippen molar-refractivity contribution in [1.29, 1.82) is 0 Å². The Morgan fingerprint density at radius 3 is 2.53 bits per heavy atom. The molecule has 1 fully saturated rings. The van der Waals surface area contributed by atoms with Crippen molar-refractivity contribution in [3.05, 3.63) is 35.9 Å². The van der Waals surface area contributed by atoms with Crippen LogP contribution in [0.1, 0.15) is 10.4 Å². The molecule has 1 heterocycles. The van der Waals surface area contributed by atoms with Gasteiger partial charge in [0.1, 0.15) is 0 Å². The summed E-state index contributed by atoms with van der Waals surface area (Å²) in [7, 11) is 0. The summed E-state index contributed by atoms with van der Waals surface area (Å²) >= 11 is 0.786. The summed E-state index contributed by atoms with van der Waals surface area (Å²) in [6.07, 6.45) is 0. The zero-order valence-electron chi connectivity index (χ0n) is 8.48. The fourth-order valence-corrected chi connectivity index (χ4v) is 3.37. The predicted octanol–water partition coefficient (Wildman–Crippen LogP) is 1.19. The Hall–Kier alpha value is -0.831. The van der Waals surface area contributed by atoms with E-state index in [0.717, 1.165) is 33.6 Å². The number of nitrogens with zero attached hydrogens (tertiary/aromatic N) is 1. The molecule has 0 atom stereocenters. The third-order valence-electron chi connectivity index (χ3n) is 2.31. The first-order valence-corrected chi connectivity index (χ1v) is 7.47. The molecule has 0 saturated carbocycles. The van der Waals surface area contributed by atoms with Gasteiger partial charge in [0, 0.05) is 0 Å². The van der Waals surface area contributed by atoms with Gasteiger partial charge in [-0.3, -0.25) is 0 Å². The van der Waals surface area contributed by atoms with Gasteiger partial charge >= 0.3 is 95.7 Å². The molecule has 1 saturated heterocycles. The first-order valence-electron chi connectivity index (χ1n) is 5.05. The Balaban J connectivity index is 1.91. The molecular formula is C11H14N2OSe. The van der Waals surface area contributed by atoms with E-state index in [4.69, 9.17) is 0 Å². The van der Waals surface area contributed by atoms with Gasteiger partial charge in [0.05, 0.1) is 0 Å². The monoisotopic (exact) mass is 270 g/mol. The second-order valence-corrected chi connectivity index (χ2v) is 5.98. The SMILES string of the molecule is O=C(NN1CC[Se]CC1)c1ccccc1. The van der Waals surface area contributed by atoms with Crippen molar-refractivity contribution in [2.45, 2.75) is 10.6 Å². The van der Waals surface area contributed by atoms with E-state index in [0.29, 0.717) is 0 Å². The maximum absolute atomic E-state index is 11.8. The number of rotatable bonds is 2. The average Bonchev–Trinajstić information content (AvgIpc) is 2.31. The molecular weight excluding hydrogens is 255 g/mol. The number of hydrogen-bond acceptors (Lipinski definition) is 2. The number of carbonyl (C=O) groups is 1. The van der Waals surface area contributed by atoms with E-state index in [1.54, 1.807) is 0 Å². The van der Waals surface area contributed by atoms with Gasteiger partial charge in [-0.25, -0.2) is 0 Å². The molecule has 0 unspecified atom stereocenters. The van der Waals surface area contributed by atoms with Crippen LogP contribution >= 0.6 is 0 Å². The molecule has 4 heteroatoms. The van der Waals surface area contributed by atoms with Crippen molar-refractivity contribution in [1.82, 2.24) is 10.4 Å². The van der Waals surface area contributed by atoms with Crippen molar-refractivity contribution in [2.24, 2.45) is 0 Å². The third-order valence-corrected chi connectivity index (χ3v) is 4.28. The first kappa shape index (κ1) is 10.7. The van der Waals surface area contributed by atoms with E-state index in [1.165, 1.54) is 10.6 Å². The second-order valence-electron chi connectivity index (χ2n) is 3.41. The number of hydrogen-bond donors (Lipinski definition) is 1. The maximum atomic E-state index is 11.8. The number of benzene rings is 1. The van der Waals surface area contributed by atoms with Crippen molar-refractivity contribution in [3.8, 4) is 0 Å². The standard InChI is InChI=1S/C11H14N2OSe/c14-11(10-4-2-1-3-5-10)12-13-6-8-15-9-7-13/h1-5H,6-9H2,(H,12,14). The zero-order valence-corrected chi connectivity index (χ0v) is 10.2. The number of nitrogens with one attached hydrogen (secondary N) is 1. The second kappa shape index (κ2) is 5.31. The molecule has 0 aromatic heterocycles. The van der Waals surface area contributed by atoms with E-state index in [-0.39, 0.29) is 5.91 Å². The molecule has 80 valence electrons. The van der Waals surface area contributed by atoms with Crippen LogP contribution in [0.2, 0.25) is 10.6 Å². The molecule has 15 heavy (non-hydrogen) atoms. The molecule has 1 aliphatic heterocycles. The number of carbonyl (C=O) groups excluding carboxylic acids is 1. The van der Waals surface area contributed by atoms with Crippen molar-refractivity contribution in [2.75, 3.05) is 13.1 Å². The fraction of sp³-hybridized carbons (Fsp3) is 0.364. The summed E-state index contributed by atoms with van der Waals surface area (Å²) in [5.41, 5.74) is 3.67. The molecule has 1 amide bonds. The van der Waals surface area contributed by atoms with E-state index in [1.807, 2.05) is 35.3 Å². The van der Waals surface area contributed by atoms with Gasteiger partial charge in [-0.1, -0.05) is 0 Å². The van der Waals surface area contributed by atoms with Crippen LogP contribution in [0.25, 0.3) is 0 Å². The van der Waals surface area contributed by atoms with E-state index >= 15 is 0 Å². The Morgan fingerprint density at radius 2 is 1.87 bits per heavy atom. The minimum atomic E-state index is 0.00463. The summed E-state index contributed by atoms with van der Waals surface area (Å²) in [5.74, 6) is 0.00463. The third kappa shape index (κ3) is 3.06. The van der Waals surface area contributed by atoms with Crippen LogP contribution in [0.3, 0.4) is 0 Å². The Bertz CT molecular complexity index is 323. The molecule has 2 rings (SSSR count). The Kier molecular flexibility index (Phi) is 3.78. The van der Waals surface area contributed by atoms with Gasteiger partial charge in [0.25, 0.3) is 0 Å². The summed E-state index contributed by atoms with van der Waals surface area (Å²) in [5, 5.41) is 4.50. The van der Waals surface area contributed by atoms with Crippen LogP contribution in [-0.4, -0.2) is 39.0 Å². The summed E-state index contributed by atoms with van der Waals surface area (Å²) in [6.45, 7) is 2.00. The van der Waals surface area contributed by atoms with Gasteiger partial charge < -0.3 is 0 Å². The molecule has 1 N–H and O–H groups in total. The zero-order chi connectivity index (χ0) is 10.5. The normalized spacial score (nSPS) is 17.3. The van der Waals surface area contributed by atoms with Crippen LogP contribution in [0, 0.1) is 0 Å². The quantitative estimate of drug-likeness (QED) is 0.818. The molecule has 1 aromatic carbocycles. The van der Waals surface area contributed by atoms with Gasteiger partial charge in [0.2, 0.25) is 0 Å². The van der Waals surface area contributed by atoms with Crippen LogP contribution in [-0.2, 0) is 0 Å². The van der Waals surface area contributed by atoms with Gasteiger partial charge in [-0.15, -0.1) is 0 Å². The van der Waals surface area contributed by atoms with Crippen LogP contribution < -0.4 is 5.43 Å². The first-order chi connectivity index (χ1) is 7.36. The molecule has 0 bridgehead atoms. The molecule has 0 spiro atoms. The molecule has 3 nitrogen and oxygen atoms in total. The topological polar surface area (TPSA) is 32.3 Å². The number of hydrazine groups is 1. The van der Waals surface area contributed by atoms with Crippen LogP contribution in [0.15, 0.2) is 30.3 Å². The summed E-state index contributed by atoms with van der Waals surface area (Å²) in [6, 6.07) is 9.36. The summed E-state index contributed by atoms with van der Waals surface area (Å²) in [4.78, 5) is 11.8. The van der Waals surface area contributed by atoms with Crippen molar-refractivity contribution < 1.29 is 4.79 Å². The molecule has 1 aliphatic rings. The van der Waals surface area contributed by atoms with Crippen LogP contribution in [0.5, 0.6) is 0 Å². The number of amides is 1. The van der Waals surface area contributed by atoms with Gasteiger partial charge in [-0.2, -0.15) is 0 Å².